The molecule has 0 unspecified atom stereocenters. The maximum Gasteiger partial charge on any atom is 0.243 e. The average molecular weight is 727 g/mol. The van der Waals surface area contributed by atoms with Crippen LogP contribution in [0.2, 0.25) is 10.0 Å². The summed E-state index contributed by atoms with van der Waals surface area (Å²) in [6.07, 6.45) is 2.39. The number of nitrogens with zero attached hydrogens (tertiary/aromatic N) is 4. The summed E-state index contributed by atoms with van der Waals surface area (Å²) >= 11 is 14.1. The Bertz CT molecular complexity index is 1800. The summed E-state index contributed by atoms with van der Waals surface area (Å²) in [5, 5.41) is 1.00. The Morgan fingerprint density at radius 1 is 1.02 bits per heavy atom. The van der Waals surface area contributed by atoms with Crippen molar-refractivity contribution in [2.75, 3.05) is 47.9 Å². The molecule has 0 spiro atoms. The molecule has 0 amide bonds. The minimum Gasteiger partial charge on any atom is -0.495 e. The Kier molecular flexibility index (Phi) is 11.7. The van der Waals surface area contributed by atoms with Crippen molar-refractivity contribution >= 4 is 45.0 Å². The number of aromatic nitrogens is 2. The van der Waals surface area contributed by atoms with E-state index < -0.39 is 21.3 Å². The van der Waals surface area contributed by atoms with Gasteiger partial charge in [0.15, 0.2) is 5.16 Å². The maximum absolute atomic E-state index is 15.6. The molecule has 0 aliphatic rings. The number of benzene rings is 3. The lowest BCUT2D eigenvalue weighted by Crippen LogP contribution is -2.39. The van der Waals surface area contributed by atoms with Crippen molar-refractivity contribution in [2.45, 2.75) is 48.4 Å². The minimum atomic E-state index is -3.96. The summed E-state index contributed by atoms with van der Waals surface area (Å²) in [4.78, 5) is 4.50. The van der Waals surface area contributed by atoms with Gasteiger partial charge < -0.3 is 9.22 Å². The van der Waals surface area contributed by atoms with E-state index in [4.69, 9.17) is 27.9 Å². The van der Waals surface area contributed by atoms with Gasteiger partial charge in [-0.1, -0.05) is 61.8 Å². The van der Waals surface area contributed by atoms with Crippen molar-refractivity contribution in [3.05, 3.63) is 99.3 Å². The van der Waals surface area contributed by atoms with E-state index in [1.807, 2.05) is 51.7 Å². The number of methoxy groups -OCH3 is 1. The van der Waals surface area contributed by atoms with Crippen molar-refractivity contribution in [1.82, 2.24) is 13.9 Å². The second-order valence-corrected chi connectivity index (χ2v) is 16.4. The molecule has 0 radical (unpaired) electrons. The molecule has 1 aromatic heterocycles. The molecule has 0 bridgehead atoms. The second-order valence-electron chi connectivity index (χ2n) is 12.7. The zero-order chi connectivity index (χ0) is 34.7. The molecule has 0 atom stereocenters. The van der Waals surface area contributed by atoms with Gasteiger partial charge in [-0.15, -0.1) is 0 Å². The first-order valence-electron chi connectivity index (χ1n) is 15.1. The third kappa shape index (κ3) is 8.50. The van der Waals surface area contributed by atoms with Crippen LogP contribution >= 0.6 is 35.0 Å². The average Bonchev–Trinajstić information content (AvgIpc) is 3.43. The lowest BCUT2D eigenvalue weighted by Gasteiger charge is -2.28. The first kappa shape index (κ1) is 37.2. The summed E-state index contributed by atoms with van der Waals surface area (Å²) in [7, 11) is 3.72. The molecule has 4 rings (SSSR count). The predicted octanol–water partition coefficient (Wildman–Crippen LogP) is 8.19. The van der Waals surface area contributed by atoms with E-state index in [-0.39, 0.29) is 33.6 Å². The molecule has 0 fully saturated rings. The molecule has 3 aromatic carbocycles. The fourth-order valence-corrected chi connectivity index (χ4v) is 8.40. The van der Waals surface area contributed by atoms with Crippen molar-refractivity contribution in [1.29, 1.82) is 0 Å². The summed E-state index contributed by atoms with van der Waals surface area (Å²) in [6, 6.07) is 13.9. The number of halogens is 4. The third-order valence-corrected chi connectivity index (χ3v) is 11.6. The molecular formula is C34H41Cl2F2N4O3S2+. The molecule has 0 N–H and O–H groups in total. The minimum absolute atomic E-state index is 0.00665. The van der Waals surface area contributed by atoms with Gasteiger partial charge in [0, 0.05) is 47.0 Å². The maximum atomic E-state index is 15.6. The van der Waals surface area contributed by atoms with E-state index in [1.165, 1.54) is 34.3 Å². The summed E-state index contributed by atoms with van der Waals surface area (Å²) in [5.41, 5.74) is 1.89. The van der Waals surface area contributed by atoms with Crippen LogP contribution in [0.15, 0.2) is 70.8 Å². The molecule has 4 aromatic rings. The van der Waals surface area contributed by atoms with Gasteiger partial charge in [-0.05, 0) is 54.1 Å². The van der Waals surface area contributed by atoms with Crippen molar-refractivity contribution in [3.8, 4) is 11.4 Å². The van der Waals surface area contributed by atoms with Crippen LogP contribution in [0.4, 0.5) is 8.78 Å². The number of hydrogen-bond donors (Lipinski definition) is 0. The monoisotopic (exact) mass is 725 g/mol. The summed E-state index contributed by atoms with van der Waals surface area (Å²) < 4.78 is 65.9. The number of quaternary nitrogens is 1. The largest absolute Gasteiger partial charge is 0.495 e. The van der Waals surface area contributed by atoms with E-state index in [0.29, 0.717) is 39.1 Å². The topological polar surface area (TPSA) is 64.4 Å². The fraction of sp³-hybridized carbons (Fsp3) is 0.382. The van der Waals surface area contributed by atoms with Crippen molar-refractivity contribution < 1.29 is 26.4 Å². The molecule has 254 valence electrons. The van der Waals surface area contributed by atoms with Gasteiger partial charge >= 0.3 is 0 Å². The molecule has 0 saturated heterocycles. The van der Waals surface area contributed by atoms with E-state index in [1.54, 1.807) is 38.4 Å². The summed E-state index contributed by atoms with van der Waals surface area (Å²) in [6.45, 7) is 7.17. The van der Waals surface area contributed by atoms with E-state index in [0.717, 1.165) is 23.9 Å². The van der Waals surface area contributed by atoms with Gasteiger partial charge in [-0.25, -0.2) is 22.2 Å². The molecule has 7 nitrogen and oxygen atoms in total. The molecule has 0 aliphatic heterocycles. The normalized spacial score (nSPS) is 12.6. The molecule has 1 heterocycles. The third-order valence-electron chi connectivity index (χ3n) is 8.01. The van der Waals surface area contributed by atoms with Gasteiger partial charge in [0.2, 0.25) is 10.0 Å². The molecular weight excluding hydrogens is 685 g/mol. The van der Waals surface area contributed by atoms with Gasteiger partial charge in [0.1, 0.15) is 17.4 Å². The van der Waals surface area contributed by atoms with Crippen LogP contribution in [0.5, 0.6) is 5.75 Å². The zero-order valence-electron chi connectivity index (χ0n) is 27.7. The Balaban J connectivity index is 1.67. The van der Waals surface area contributed by atoms with Gasteiger partial charge in [-0.3, -0.25) is 4.57 Å². The Hall–Kier alpha value is -2.67. The highest BCUT2D eigenvalue weighted by atomic mass is 35.5. The highest BCUT2D eigenvalue weighted by molar-refractivity contribution is 7.98. The van der Waals surface area contributed by atoms with Crippen molar-refractivity contribution in [3.63, 3.8) is 0 Å². The molecule has 13 heteroatoms. The van der Waals surface area contributed by atoms with E-state index in [2.05, 4.69) is 4.98 Å². The number of hydrogen-bond acceptors (Lipinski definition) is 5. The molecule has 0 aliphatic carbocycles. The van der Waals surface area contributed by atoms with Gasteiger partial charge in [0.05, 0.1) is 56.6 Å². The van der Waals surface area contributed by atoms with Crippen LogP contribution < -0.4 is 4.74 Å². The number of thioether (sulfide) groups is 1. The smallest absolute Gasteiger partial charge is 0.243 e. The highest BCUT2D eigenvalue weighted by Gasteiger charge is 2.31. The fourth-order valence-electron chi connectivity index (χ4n) is 5.24. The first-order valence-corrected chi connectivity index (χ1v) is 18.3. The Morgan fingerprint density at radius 2 is 1.70 bits per heavy atom. The van der Waals surface area contributed by atoms with Crippen LogP contribution in [-0.2, 0) is 21.2 Å². The van der Waals surface area contributed by atoms with Crippen LogP contribution in [-0.4, -0.2) is 74.6 Å². The van der Waals surface area contributed by atoms with Crippen LogP contribution in [0.3, 0.4) is 0 Å². The van der Waals surface area contributed by atoms with Gasteiger partial charge in [-0.2, -0.15) is 4.31 Å². The molecule has 47 heavy (non-hydrogen) atoms. The standard InChI is InChI=1S/C34H41Cl2F2N4O3S2/c1-8-40(16-9-17-42(4,5)6)47(43,44)26-19-29(36)27(30(38)20-26)22-46-33-39-21-32(41(33)25-13-11-24(37)12-14-25)34(2,3)23-10-15-28(35)31(18-23)45-7/h10-15,18-21H,8-9,16-17,22H2,1-7H3/q+1. The van der Waals surface area contributed by atoms with E-state index >= 15 is 4.39 Å². The SMILES string of the molecule is CCN(CCC[N+](C)(C)C)S(=O)(=O)c1cc(F)c(CSc2ncc(C(C)(C)c3ccc(Cl)c(OC)c3)n2-c2ccc(F)cc2)c(Cl)c1. The number of ether oxygens (including phenoxy) is 1. The Labute approximate surface area is 291 Å². The quantitative estimate of drug-likeness (QED) is 0.0969. The number of imidazole rings is 1. The summed E-state index contributed by atoms with van der Waals surface area (Å²) in [5.74, 6) is -0.509. The van der Waals surface area contributed by atoms with Crippen LogP contribution in [0.1, 0.15) is 44.0 Å². The lowest BCUT2D eigenvalue weighted by atomic mass is 9.81. The van der Waals surface area contributed by atoms with Crippen LogP contribution in [0, 0.1) is 11.6 Å². The lowest BCUT2D eigenvalue weighted by molar-refractivity contribution is -0.870. The highest BCUT2D eigenvalue weighted by Crippen LogP contribution is 2.40. The number of sulfonamides is 1. The van der Waals surface area contributed by atoms with Crippen molar-refractivity contribution in [2.24, 2.45) is 0 Å². The first-order chi connectivity index (χ1) is 22.0. The number of rotatable bonds is 14. The van der Waals surface area contributed by atoms with Crippen LogP contribution in [0.25, 0.3) is 5.69 Å². The molecule has 0 saturated carbocycles. The second kappa shape index (κ2) is 14.8. The van der Waals surface area contributed by atoms with E-state index in [9.17, 15) is 12.8 Å². The Morgan fingerprint density at radius 3 is 2.30 bits per heavy atom. The predicted molar refractivity (Wildman–Crippen MR) is 187 cm³/mol. The van der Waals surface area contributed by atoms with Gasteiger partial charge in [0.25, 0.3) is 0 Å². The zero-order valence-corrected chi connectivity index (χ0v) is 30.8.